The van der Waals surface area contributed by atoms with E-state index in [1.807, 2.05) is 19.1 Å². The molecule has 1 heterocycles. The van der Waals surface area contributed by atoms with Crippen LogP contribution in [0.15, 0.2) is 24.3 Å². The fourth-order valence-corrected chi connectivity index (χ4v) is 3.28. The molecule has 0 aliphatic rings. The van der Waals surface area contributed by atoms with Gasteiger partial charge in [0, 0.05) is 10.6 Å². The van der Waals surface area contributed by atoms with E-state index in [1.54, 1.807) is 19.1 Å². The van der Waals surface area contributed by atoms with E-state index < -0.39 is 10.0 Å². The molecule has 0 spiro atoms. The van der Waals surface area contributed by atoms with Crippen molar-refractivity contribution in [3.05, 3.63) is 40.4 Å². The second kappa shape index (κ2) is 5.82. The van der Waals surface area contributed by atoms with Crippen molar-refractivity contribution < 1.29 is 13.2 Å². The van der Waals surface area contributed by atoms with Crippen molar-refractivity contribution >= 4 is 38.1 Å². The zero-order chi connectivity index (χ0) is 15.6. The molecule has 0 unspecified atom stereocenters. The van der Waals surface area contributed by atoms with E-state index in [2.05, 4.69) is 15.0 Å². The molecule has 6 nitrogen and oxygen atoms in total. The normalized spacial score (nSPS) is 11.2. The molecule has 0 radical (unpaired) electrons. The van der Waals surface area contributed by atoms with Gasteiger partial charge in [-0.05, 0) is 26.0 Å². The highest BCUT2D eigenvalue weighted by molar-refractivity contribution is 7.92. The summed E-state index contributed by atoms with van der Waals surface area (Å²) in [5.41, 5.74) is 1.97. The van der Waals surface area contributed by atoms with Crippen LogP contribution in [0.3, 0.4) is 0 Å². The average molecular weight is 325 g/mol. The van der Waals surface area contributed by atoms with Gasteiger partial charge in [0.15, 0.2) is 5.13 Å². The van der Waals surface area contributed by atoms with Crippen LogP contribution in [0, 0.1) is 13.8 Å². The number of nitrogens with zero attached hydrogens (tertiary/aromatic N) is 1. The van der Waals surface area contributed by atoms with E-state index in [9.17, 15) is 13.2 Å². The van der Waals surface area contributed by atoms with Gasteiger partial charge in [0.05, 0.1) is 6.26 Å². The Morgan fingerprint density at radius 1 is 1.19 bits per heavy atom. The third-order valence-corrected chi connectivity index (χ3v) is 4.17. The first-order valence-electron chi connectivity index (χ1n) is 6.08. The van der Waals surface area contributed by atoms with Gasteiger partial charge in [-0.1, -0.05) is 17.7 Å². The van der Waals surface area contributed by atoms with Crippen LogP contribution >= 0.6 is 11.3 Å². The average Bonchev–Trinajstić information content (AvgIpc) is 2.70. The summed E-state index contributed by atoms with van der Waals surface area (Å²) in [6, 6.07) is 7.37. The number of hydrogen-bond donors (Lipinski definition) is 2. The zero-order valence-corrected chi connectivity index (χ0v) is 13.4. The van der Waals surface area contributed by atoms with Crippen molar-refractivity contribution in [2.45, 2.75) is 13.8 Å². The maximum atomic E-state index is 12.2. The predicted molar refractivity (Wildman–Crippen MR) is 84.4 cm³/mol. The van der Waals surface area contributed by atoms with Crippen molar-refractivity contribution in [2.24, 2.45) is 0 Å². The molecule has 1 amide bonds. The number of hydrogen-bond acceptors (Lipinski definition) is 5. The number of carbonyl (C=O) groups is 1. The Morgan fingerprint density at radius 3 is 2.38 bits per heavy atom. The molecule has 0 atom stereocenters. The lowest BCUT2D eigenvalue weighted by molar-refractivity contribution is 0.102. The fourth-order valence-electron chi connectivity index (χ4n) is 1.64. The number of aromatic nitrogens is 1. The third kappa shape index (κ3) is 4.27. The van der Waals surface area contributed by atoms with Gasteiger partial charge in [-0.2, -0.15) is 0 Å². The lowest BCUT2D eigenvalue weighted by Gasteiger charge is -2.04. The largest absolute Gasteiger partial charge is 0.321 e. The van der Waals surface area contributed by atoms with Crippen LogP contribution in [0.1, 0.15) is 20.9 Å². The summed E-state index contributed by atoms with van der Waals surface area (Å²) in [5, 5.41) is 2.91. The molecule has 2 rings (SSSR count). The van der Waals surface area contributed by atoms with Gasteiger partial charge in [0.1, 0.15) is 5.69 Å². The molecule has 0 aliphatic carbocycles. The molecule has 0 bridgehead atoms. The van der Waals surface area contributed by atoms with Gasteiger partial charge in [-0.3, -0.25) is 9.52 Å². The lowest BCUT2D eigenvalue weighted by atomic mass is 10.2. The highest BCUT2D eigenvalue weighted by atomic mass is 32.2. The van der Waals surface area contributed by atoms with Gasteiger partial charge in [-0.25, -0.2) is 13.4 Å². The van der Waals surface area contributed by atoms with Crippen molar-refractivity contribution in [1.82, 2.24) is 4.98 Å². The summed E-state index contributed by atoms with van der Waals surface area (Å²) in [7, 11) is -3.40. The first-order valence-corrected chi connectivity index (χ1v) is 8.78. The zero-order valence-electron chi connectivity index (χ0n) is 11.8. The summed E-state index contributed by atoms with van der Waals surface area (Å²) < 4.78 is 24.6. The van der Waals surface area contributed by atoms with E-state index >= 15 is 0 Å². The molecule has 0 fully saturated rings. The summed E-state index contributed by atoms with van der Waals surface area (Å²) in [5.74, 6) is -0.367. The molecular weight excluding hydrogens is 310 g/mol. The molecule has 1 aromatic heterocycles. The topological polar surface area (TPSA) is 88.2 Å². The van der Waals surface area contributed by atoms with E-state index in [0.29, 0.717) is 10.6 Å². The molecule has 8 heteroatoms. The van der Waals surface area contributed by atoms with Crippen LogP contribution in [0.4, 0.5) is 10.8 Å². The minimum absolute atomic E-state index is 0.184. The number of thiazole rings is 1. The lowest BCUT2D eigenvalue weighted by Crippen LogP contribution is -2.14. The number of rotatable bonds is 4. The Hall–Kier alpha value is -1.93. The number of sulfonamides is 1. The third-order valence-electron chi connectivity index (χ3n) is 2.59. The fraction of sp³-hybridized carbons (Fsp3) is 0.231. The highest BCUT2D eigenvalue weighted by Gasteiger charge is 2.17. The van der Waals surface area contributed by atoms with E-state index in [0.717, 1.165) is 23.2 Å². The first-order chi connectivity index (χ1) is 9.74. The Balaban J connectivity index is 2.17. The SMILES string of the molecule is Cc1ccc(NC(=O)c2nc(NS(C)(=O)=O)sc2C)cc1. The minimum Gasteiger partial charge on any atom is -0.321 e. The number of anilines is 2. The number of nitrogens with one attached hydrogen (secondary N) is 2. The summed E-state index contributed by atoms with van der Waals surface area (Å²) in [6.07, 6.45) is 1.04. The van der Waals surface area contributed by atoms with E-state index in [-0.39, 0.29) is 16.7 Å². The van der Waals surface area contributed by atoms with Crippen molar-refractivity contribution in [3.8, 4) is 0 Å². The maximum Gasteiger partial charge on any atom is 0.275 e. The monoisotopic (exact) mass is 325 g/mol. The molecule has 2 aromatic rings. The molecule has 21 heavy (non-hydrogen) atoms. The van der Waals surface area contributed by atoms with Crippen LogP contribution in [-0.4, -0.2) is 25.6 Å². The highest BCUT2D eigenvalue weighted by Crippen LogP contribution is 2.23. The molecule has 1 aromatic carbocycles. The Labute approximate surface area is 127 Å². The molecular formula is C13H15N3O3S2. The van der Waals surface area contributed by atoms with Crippen molar-refractivity contribution in [2.75, 3.05) is 16.3 Å². The number of amides is 1. The van der Waals surface area contributed by atoms with E-state index in [4.69, 9.17) is 0 Å². The second-order valence-electron chi connectivity index (χ2n) is 4.62. The van der Waals surface area contributed by atoms with Gasteiger partial charge in [-0.15, -0.1) is 11.3 Å². The summed E-state index contributed by atoms with van der Waals surface area (Å²) in [4.78, 5) is 16.8. The molecule has 0 saturated carbocycles. The molecule has 112 valence electrons. The van der Waals surface area contributed by atoms with Crippen LogP contribution in [0.2, 0.25) is 0 Å². The minimum atomic E-state index is -3.40. The van der Waals surface area contributed by atoms with Crippen LogP contribution in [-0.2, 0) is 10.0 Å². The van der Waals surface area contributed by atoms with Gasteiger partial charge in [0.2, 0.25) is 10.0 Å². The van der Waals surface area contributed by atoms with Crippen LogP contribution in [0.5, 0.6) is 0 Å². The van der Waals surface area contributed by atoms with Gasteiger partial charge >= 0.3 is 0 Å². The molecule has 0 aliphatic heterocycles. The first kappa shape index (κ1) is 15.5. The molecule has 2 N–H and O–H groups in total. The van der Waals surface area contributed by atoms with Gasteiger partial charge < -0.3 is 5.32 Å². The standard InChI is InChI=1S/C13H15N3O3S2/c1-8-4-6-10(7-5-8)14-12(17)11-9(2)20-13(15-11)16-21(3,18)19/h4-7H,1-3H3,(H,14,17)(H,15,16). The number of carbonyl (C=O) groups excluding carboxylic acids is 1. The Bertz CT molecular complexity index is 764. The smallest absolute Gasteiger partial charge is 0.275 e. The second-order valence-corrected chi connectivity index (χ2v) is 7.57. The molecule has 0 saturated heterocycles. The quantitative estimate of drug-likeness (QED) is 0.903. The van der Waals surface area contributed by atoms with E-state index in [1.165, 1.54) is 0 Å². The van der Waals surface area contributed by atoms with Gasteiger partial charge in [0.25, 0.3) is 5.91 Å². The number of benzene rings is 1. The van der Waals surface area contributed by atoms with Crippen molar-refractivity contribution in [1.29, 1.82) is 0 Å². The Morgan fingerprint density at radius 2 is 1.81 bits per heavy atom. The summed E-state index contributed by atoms with van der Waals surface area (Å²) in [6.45, 7) is 3.68. The predicted octanol–water partition coefficient (Wildman–Crippen LogP) is 2.38. The Kier molecular flexibility index (Phi) is 4.29. The summed E-state index contributed by atoms with van der Waals surface area (Å²) >= 11 is 1.12. The van der Waals surface area contributed by atoms with Crippen LogP contribution in [0.25, 0.3) is 0 Å². The van der Waals surface area contributed by atoms with Crippen molar-refractivity contribution in [3.63, 3.8) is 0 Å². The number of aryl methyl sites for hydroxylation is 2. The maximum absolute atomic E-state index is 12.2. The van der Waals surface area contributed by atoms with Crippen LogP contribution < -0.4 is 10.0 Å².